The molecule has 0 saturated carbocycles. The second-order valence-electron chi connectivity index (χ2n) is 6.87. The molecule has 0 unspecified atom stereocenters. The molecule has 0 spiro atoms. The summed E-state index contributed by atoms with van der Waals surface area (Å²) in [6.45, 7) is 3.70. The number of rotatable bonds is 10. The lowest BCUT2D eigenvalue weighted by Gasteiger charge is -2.30. The SMILES string of the molecule is CC[C@@H](C(=O)NC)N(Cc1ccccc1C)C(=O)COc1ccc([N+](=O)[O-])c(OC)c1. The van der Waals surface area contributed by atoms with Crippen molar-refractivity contribution in [3.05, 3.63) is 63.7 Å². The lowest BCUT2D eigenvalue weighted by Crippen LogP contribution is -2.49. The summed E-state index contributed by atoms with van der Waals surface area (Å²) < 4.78 is 10.6. The minimum atomic E-state index is -0.660. The average Bonchev–Trinajstić information content (AvgIpc) is 2.77. The Morgan fingerprint density at radius 2 is 1.94 bits per heavy atom. The van der Waals surface area contributed by atoms with Gasteiger partial charge >= 0.3 is 5.69 Å². The van der Waals surface area contributed by atoms with Gasteiger partial charge in [-0.15, -0.1) is 0 Å². The number of ether oxygens (including phenoxy) is 2. The van der Waals surface area contributed by atoms with Crippen LogP contribution in [0.3, 0.4) is 0 Å². The normalized spacial score (nSPS) is 11.4. The maximum absolute atomic E-state index is 13.1. The molecule has 0 radical (unpaired) electrons. The van der Waals surface area contributed by atoms with Crippen LogP contribution in [0.2, 0.25) is 0 Å². The molecule has 9 nitrogen and oxygen atoms in total. The number of amides is 2. The lowest BCUT2D eigenvalue weighted by atomic mass is 10.1. The summed E-state index contributed by atoms with van der Waals surface area (Å²) in [5, 5.41) is 13.6. The second-order valence-corrected chi connectivity index (χ2v) is 6.87. The van der Waals surface area contributed by atoms with Crippen LogP contribution in [0.25, 0.3) is 0 Å². The van der Waals surface area contributed by atoms with E-state index in [2.05, 4.69) is 5.32 Å². The molecule has 2 aromatic rings. The van der Waals surface area contributed by atoms with Gasteiger partial charge in [0.1, 0.15) is 11.8 Å². The van der Waals surface area contributed by atoms with Gasteiger partial charge in [-0.05, 0) is 30.5 Å². The predicted octanol–water partition coefficient (Wildman–Crippen LogP) is 2.84. The number of carbonyl (C=O) groups is 2. The molecule has 2 aromatic carbocycles. The Labute approximate surface area is 181 Å². The highest BCUT2D eigenvalue weighted by atomic mass is 16.6. The predicted molar refractivity (Wildman–Crippen MR) is 115 cm³/mol. The zero-order chi connectivity index (χ0) is 23.0. The maximum Gasteiger partial charge on any atom is 0.311 e. The van der Waals surface area contributed by atoms with Gasteiger partial charge in [0.15, 0.2) is 6.61 Å². The number of hydrogen-bond acceptors (Lipinski definition) is 6. The van der Waals surface area contributed by atoms with Crippen LogP contribution < -0.4 is 14.8 Å². The average molecular weight is 429 g/mol. The summed E-state index contributed by atoms with van der Waals surface area (Å²) >= 11 is 0. The summed E-state index contributed by atoms with van der Waals surface area (Å²) in [7, 11) is 2.84. The first-order valence-corrected chi connectivity index (χ1v) is 9.83. The minimum Gasteiger partial charge on any atom is -0.490 e. The number of nitrogens with zero attached hydrogens (tertiary/aromatic N) is 2. The molecule has 9 heteroatoms. The van der Waals surface area contributed by atoms with Crippen LogP contribution in [0.1, 0.15) is 24.5 Å². The number of aryl methyl sites for hydroxylation is 1. The van der Waals surface area contributed by atoms with Crippen LogP contribution in [0.5, 0.6) is 11.5 Å². The molecule has 0 fully saturated rings. The van der Waals surface area contributed by atoms with Crippen molar-refractivity contribution in [2.24, 2.45) is 0 Å². The van der Waals surface area contributed by atoms with Crippen LogP contribution in [0.4, 0.5) is 5.69 Å². The molecule has 0 bridgehead atoms. The lowest BCUT2D eigenvalue weighted by molar-refractivity contribution is -0.385. The molecule has 0 heterocycles. The van der Waals surface area contributed by atoms with Crippen LogP contribution >= 0.6 is 0 Å². The summed E-state index contributed by atoms with van der Waals surface area (Å²) in [4.78, 5) is 37.4. The Morgan fingerprint density at radius 3 is 2.52 bits per heavy atom. The van der Waals surface area contributed by atoms with Crippen molar-refractivity contribution in [3.8, 4) is 11.5 Å². The highest BCUT2D eigenvalue weighted by Gasteiger charge is 2.28. The zero-order valence-corrected chi connectivity index (χ0v) is 18.1. The minimum absolute atomic E-state index is 0.0310. The molecule has 0 aliphatic heterocycles. The van der Waals surface area contributed by atoms with Crippen molar-refractivity contribution in [1.82, 2.24) is 10.2 Å². The number of hydrogen-bond donors (Lipinski definition) is 1. The van der Waals surface area contributed by atoms with Crippen LogP contribution in [-0.2, 0) is 16.1 Å². The van der Waals surface area contributed by atoms with Gasteiger partial charge in [0, 0.05) is 25.7 Å². The molecule has 1 N–H and O–H groups in total. The fourth-order valence-electron chi connectivity index (χ4n) is 3.18. The van der Waals surface area contributed by atoms with E-state index in [-0.39, 0.29) is 42.2 Å². The highest BCUT2D eigenvalue weighted by Crippen LogP contribution is 2.30. The monoisotopic (exact) mass is 429 g/mol. The molecular formula is C22H27N3O6. The largest absolute Gasteiger partial charge is 0.490 e. The van der Waals surface area contributed by atoms with E-state index in [1.165, 1.54) is 37.3 Å². The van der Waals surface area contributed by atoms with E-state index < -0.39 is 11.0 Å². The number of nitro groups is 1. The van der Waals surface area contributed by atoms with Crippen molar-refractivity contribution in [3.63, 3.8) is 0 Å². The number of likely N-dealkylation sites (N-methyl/N-ethyl adjacent to an activating group) is 1. The third-order valence-electron chi connectivity index (χ3n) is 4.94. The fraction of sp³-hybridized carbons (Fsp3) is 0.364. The zero-order valence-electron chi connectivity index (χ0n) is 18.1. The van der Waals surface area contributed by atoms with Crippen molar-refractivity contribution in [2.75, 3.05) is 20.8 Å². The van der Waals surface area contributed by atoms with Crippen LogP contribution in [0, 0.1) is 17.0 Å². The Morgan fingerprint density at radius 1 is 1.23 bits per heavy atom. The highest BCUT2D eigenvalue weighted by molar-refractivity contribution is 5.88. The number of benzene rings is 2. The molecule has 166 valence electrons. The maximum atomic E-state index is 13.1. The molecule has 2 rings (SSSR count). The van der Waals surface area contributed by atoms with Crippen LogP contribution in [-0.4, -0.2) is 48.4 Å². The van der Waals surface area contributed by atoms with E-state index in [1.54, 1.807) is 0 Å². The van der Waals surface area contributed by atoms with Crippen molar-refractivity contribution < 1.29 is 24.0 Å². The van der Waals surface area contributed by atoms with Gasteiger partial charge in [-0.2, -0.15) is 0 Å². The van der Waals surface area contributed by atoms with Crippen molar-refractivity contribution >= 4 is 17.5 Å². The topological polar surface area (TPSA) is 111 Å². The Hall–Kier alpha value is -3.62. The molecule has 0 aliphatic carbocycles. The molecule has 0 saturated heterocycles. The van der Waals surface area contributed by atoms with Crippen molar-refractivity contribution in [2.45, 2.75) is 32.9 Å². The third-order valence-corrected chi connectivity index (χ3v) is 4.94. The quantitative estimate of drug-likeness (QED) is 0.459. The summed E-state index contributed by atoms with van der Waals surface area (Å²) in [5.41, 5.74) is 1.73. The van der Waals surface area contributed by atoms with E-state index in [0.29, 0.717) is 6.42 Å². The number of methoxy groups -OCH3 is 1. The molecule has 1 atom stereocenters. The number of carbonyl (C=O) groups excluding carboxylic acids is 2. The van der Waals surface area contributed by atoms with Crippen molar-refractivity contribution in [1.29, 1.82) is 0 Å². The van der Waals surface area contributed by atoms with E-state index in [9.17, 15) is 19.7 Å². The summed E-state index contributed by atoms with van der Waals surface area (Å²) in [6, 6.07) is 11.0. The van der Waals surface area contributed by atoms with Gasteiger partial charge in [-0.3, -0.25) is 19.7 Å². The van der Waals surface area contributed by atoms with E-state index >= 15 is 0 Å². The standard InChI is InChI=1S/C22H27N3O6/c1-5-18(22(27)23-3)24(13-16-9-7-6-8-15(16)2)21(26)14-31-17-10-11-19(25(28)29)20(12-17)30-4/h6-12,18H,5,13-14H2,1-4H3,(H,23,27)/t18-/m0/s1. The van der Waals surface area contributed by atoms with Gasteiger partial charge in [-0.25, -0.2) is 0 Å². The van der Waals surface area contributed by atoms with Gasteiger partial charge in [0.05, 0.1) is 12.0 Å². The van der Waals surface area contributed by atoms with E-state index in [1.807, 2.05) is 38.1 Å². The first kappa shape index (κ1) is 23.7. The van der Waals surface area contributed by atoms with E-state index in [4.69, 9.17) is 9.47 Å². The molecule has 0 aromatic heterocycles. The first-order chi connectivity index (χ1) is 14.8. The number of nitrogens with one attached hydrogen (secondary N) is 1. The Kier molecular flexibility index (Phi) is 8.36. The molecule has 0 aliphatic rings. The van der Waals surface area contributed by atoms with Gasteiger partial charge in [-0.1, -0.05) is 31.2 Å². The Balaban J connectivity index is 2.23. The first-order valence-electron chi connectivity index (χ1n) is 9.83. The smallest absolute Gasteiger partial charge is 0.311 e. The second kappa shape index (κ2) is 11.0. The summed E-state index contributed by atoms with van der Waals surface area (Å²) in [6.07, 6.45) is 0.433. The van der Waals surface area contributed by atoms with Gasteiger partial charge in [0.2, 0.25) is 11.7 Å². The summed E-state index contributed by atoms with van der Waals surface area (Å²) in [5.74, 6) is -0.361. The van der Waals surface area contributed by atoms with E-state index in [0.717, 1.165) is 11.1 Å². The van der Waals surface area contributed by atoms with Gasteiger partial charge < -0.3 is 19.7 Å². The third kappa shape index (κ3) is 5.94. The molecule has 2 amide bonds. The van der Waals surface area contributed by atoms with Gasteiger partial charge in [0.25, 0.3) is 5.91 Å². The molecule has 31 heavy (non-hydrogen) atoms. The van der Waals surface area contributed by atoms with Crippen LogP contribution in [0.15, 0.2) is 42.5 Å². The Bertz CT molecular complexity index is 947. The fourth-order valence-corrected chi connectivity index (χ4v) is 3.18. The molecular weight excluding hydrogens is 402 g/mol. The number of nitro benzene ring substituents is 1.